The van der Waals surface area contributed by atoms with Gasteiger partial charge in [0, 0.05) is 36.5 Å². The van der Waals surface area contributed by atoms with Gasteiger partial charge in [-0.3, -0.25) is 9.59 Å². The quantitative estimate of drug-likeness (QED) is 0.496. The number of benzene rings is 2. The van der Waals surface area contributed by atoms with Crippen molar-refractivity contribution in [1.29, 1.82) is 0 Å². The van der Waals surface area contributed by atoms with Crippen LogP contribution < -0.4 is 5.56 Å². The lowest BCUT2D eigenvalue weighted by Gasteiger charge is -2.19. The van der Waals surface area contributed by atoms with E-state index in [1.54, 1.807) is 24.3 Å². The molecule has 2 aromatic carbocycles. The van der Waals surface area contributed by atoms with E-state index in [0.717, 1.165) is 22.8 Å². The van der Waals surface area contributed by atoms with Gasteiger partial charge in [0.2, 0.25) is 0 Å². The SMILES string of the molecule is CO[C@H]1CCN(C(=O)c2cc(-c3ccccc3)c(=O)n3ncc4ccccc4c23)C1. The molecular formula is C24H21N3O3. The van der Waals surface area contributed by atoms with E-state index in [1.165, 1.54) is 4.52 Å². The number of fused-ring (bicyclic) bond motifs is 3. The van der Waals surface area contributed by atoms with Gasteiger partial charge >= 0.3 is 0 Å². The molecule has 0 spiro atoms. The fourth-order valence-electron chi connectivity index (χ4n) is 4.18. The van der Waals surface area contributed by atoms with Crippen molar-refractivity contribution in [3.63, 3.8) is 0 Å². The summed E-state index contributed by atoms with van der Waals surface area (Å²) in [6.45, 7) is 1.17. The standard InChI is InChI=1S/C24H21N3O3/c1-30-18-11-12-26(15-18)23(28)21-13-20(16-7-3-2-4-8-16)24(29)27-22(21)19-10-6-5-9-17(19)14-25-27/h2-10,13-14,18H,11-12,15H2,1H3/t18-/m0/s1. The van der Waals surface area contributed by atoms with Crippen LogP contribution in [-0.2, 0) is 4.74 Å². The number of amides is 1. The Hall–Kier alpha value is -3.51. The zero-order valence-electron chi connectivity index (χ0n) is 16.6. The molecule has 0 radical (unpaired) electrons. The van der Waals surface area contributed by atoms with Crippen molar-refractivity contribution < 1.29 is 9.53 Å². The van der Waals surface area contributed by atoms with Crippen LogP contribution >= 0.6 is 0 Å². The van der Waals surface area contributed by atoms with Crippen molar-refractivity contribution in [1.82, 2.24) is 14.5 Å². The van der Waals surface area contributed by atoms with Gasteiger partial charge < -0.3 is 9.64 Å². The molecule has 6 heteroatoms. The van der Waals surface area contributed by atoms with E-state index < -0.39 is 0 Å². The summed E-state index contributed by atoms with van der Waals surface area (Å²) in [4.78, 5) is 28.7. The molecule has 0 bridgehead atoms. The molecule has 30 heavy (non-hydrogen) atoms. The zero-order valence-corrected chi connectivity index (χ0v) is 16.6. The summed E-state index contributed by atoms with van der Waals surface area (Å²) < 4.78 is 6.80. The monoisotopic (exact) mass is 399 g/mol. The maximum absolute atomic E-state index is 13.6. The molecule has 150 valence electrons. The largest absolute Gasteiger partial charge is 0.380 e. The average Bonchev–Trinajstić information content (AvgIpc) is 3.29. The minimum Gasteiger partial charge on any atom is -0.380 e. The maximum atomic E-state index is 13.6. The van der Waals surface area contributed by atoms with Crippen LogP contribution in [0.15, 0.2) is 71.7 Å². The second-order valence-corrected chi connectivity index (χ2v) is 7.53. The van der Waals surface area contributed by atoms with Crippen LogP contribution in [0.3, 0.4) is 0 Å². The highest BCUT2D eigenvalue weighted by molar-refractivity contribution is 6.09. The molecule has 2 aromatic heterocycles. The number of aromatic nitrogens is 2. The summed E-state index contributed by atoms with van der Waals surface area (Å²) in [5, 5.41) is 6.12. The van der Waals surface area contributed by atoms with Crippen LogP contribution in [0.1, 0.15) is 16.8 Å². The molecule has 1 aliphatic heterocycles. The predicted octanol–water partition coefficient (Wildman–Crippen LogP) is 3.38. The number of nitrogens with zero attached hydrogens (tertiary/aromatic N) is 3. The van der Waals surface area contributed by atoms with E-state index in [2.05, 4.69) is 5.10 Å². The van der Waals surface area contributed by atoms with Crippen LogP contribution in [-0.4, -0.2) is 46.7 Å². The lowest BCUT2D eigenvalue weighted by Crippen LogP contribution is -2.32. The van der Waals surface area contributed by atoms with E-state index in [-0.39, 0.29) is 17.6 Å². The lowest BCUT2D eigenvalue weighted by atomic mass is 10.0. The molecule has 1 aliphatic rings. The van der Waals surface area contributed by atoms with E-state index in [0.29, 0.717) is 29.7 Å². The highest BCUT2D eigenvalue weighted by Gasteiger charge is 2.29. The van der Waals surface area contributed by atoms with Gasteiger partial charge in [-0.15, -0.1) is 0 Å². The highest BCUT2D eigenvalue weighted by Crippen LogP contribution is 2.27. The molecule has 6 nitrogen and oxygen atoms in total. The number of pyridine rings is 1. The molecule has 0 N–H and O–H groups in total. The first-order valence-electron chi connectivity index (χ1n) is 9.98. The fourth-order valence-corrected chi connectivity index (χ4v) is 4.18. The molecule has 1 saturated heterocycles. The second-order valence-electron chi connectivity index (χ2n) is 7.53. The van der Waals surface area contributed by atoms with Gasteiger partial charge in [0.25, 0.3) is 11.5 Å². The fraction of sp³-hybridized carbons (Fsp3) is 0.208. The summed E-state index contributed by atoms with van der Waals surface area (Å²) in [6, 6.07) is 18.8. The van der Waals surface area contributed by atoms with Gasteiger partial charge in [-0.25, -0.2) is 0 Å². The second kappa shape index (κ2) is 7.39. The Bertz CT molecular complexity index is 1310. The number of hydrogen-bond acceptors (Lipinski definition) is 4. The van der Waals surface area contributed by atoms with E-state index in [9.17, 15) is 9.59 Å². The molecule has 1 atom stereocenters. The molecular weight excluding hydrogens is 378 g/mol. The molecule has 5 rings (SSSR count). The van der Waals surface area contributed by atoms with E-state index >= 15 is 0 Å². The van der Waals surface area contributed by atoms with E-state index in [1.807, 2.05) is 54.6 Å². The average molecular weight is 399 g/mol. The van der Waals surface area contributed by atoms with E-state index in [4.69, 9.17) is 4.74 Å². The van der Waals surface area contributed by atoms with Gasteiger partial charge in [0.05, 0.1) is 23.4 Å². The Balaban J connectivity index is 1.80. The van der Waals surface area contributed by atoms with Gasteiger partial charge in [0.1, 0.15) is 0 Å². The van der Waals surface area contributed by atoms with Crippen molar-refractivity contribution in [2.24, 2.45) is 0 Å². The highest BCUT2D eigenvalue weighted by atomic mass is 16.5. The Morgan fingerprint density at radius 2 is 1.87 bits per heavy atom. The molecule has 0 unspecified atom stereocenters. The Morgan fingerprint density at radius 3 is 2.63 bits per heavy atom. The zero-order chi connectivity index (χ0) is 20.7. The first-order valence-corrected chi connectivity index (χ1v) is 9.98. The van der Waals surface area contributed by atoms with Gasteiger partial charge in [0.15, 0.2) is 0 Å². The first-order chi connectivity index (χ1) is 14.7. The number of carbonyl (C=O) groups excluding carboxylic acids is 1. The predicted molar refractivity (Wildman–Crippen MR) is 116 cm³/mol. The van der Waals surface area contributed by atoms with Crippen molar-refractivity contribution in [3.05, 3.63) is 82.8 Å². The molecule has 4 aromatic rings. The summed E-state index contributed by atoms with van der Waals surface area (Å²) in [5.41, 5.74) is 2.01. The summed E-state index contributed by atoms with van der Waals surface area (Å²) in [6.07, 6.45) is 2.51. The maximum Gasteiger partial charge on any atom is 0.279 e. The number of rotatable bonds is 3. The number of hydrogen-bond donors (Lipinski definition) is 0. The molecule has 3 heterocycles. The summed E-state index contributed by atoms with van der Waals surface area (Å²) >= 11 is 0. The molecule has 1 amide bonds. The Kier molecular flexibility index (Phi) is 4.56. The number of ether oxygens (including phenoxy) is 1. The van der Waals surface area contributed by atoms with Gasteiger partial charge in [-0.05, 0) is 18.1 Å². The van der Waals surface area contributed by atoms with Crippen LogP contribution in [0.2, 0.25) is 0 Å². The summed E-state index contributed by atoms with van der Waals surface area (Å²) in [5.74, 6) is -0.109. The van der Waals surface area contributed by atoms with Crippen LogP contribution in [0.5, 0.6) is 0 Å². The topological polar surface area (TPSA) is 63.9 Å². The minimum absolute atomic E-state index is 0.0371. The van der Waals surface area contributed by atoms with Gasteiger partial charge in [-0.1, -0.05) is 54.6 Å². The number of methoxy groups -OCH3 is 1. The Morgan fingerprint density at radius 1 is 1.10 bits per heavy atom. The molecule has 0 saturated carbocycles. The van der Waals surface area contributed by atoms with Crippen LogP contribution in [0, 0.1) is 0 Å². The number of carbonyl (C=O) groups is 1. The van der Waals surface area contributed by atoms with Crippen LogP contribution in [0.25, 0.3) is 27.4 Å². The third kappa shape index (κ3) is 2.97. The molecule has 0 aliphatic carbocycles. The smallest absolute Gasteiger partial charge is 0.279 e. The van der Waals surface area contributed by atoms with Crippen molar-refractivity contribution in [2.75, 3.05) is 20.2 Å². The van der Waals surface area contributed by atoms with Crippen LogP contribution in [0.4, 0.5) is 0 Å². The van der Waals surface area contributed by atoms with Crippen molar-refractivity contribution in [3.8, 4) is 11.1 Å². The Labute approximate surface area is 173 Å². The van der Waals surface area contributed by atoms with Crippen molar-refractivity contribution in [2.45, 2.75) is 12.5 Å². The third-order valence-electron chi connectivity index (χ3n) is 5.79. The van der Waals surface area contributed by atoms with Gasteiger partial charge in [-0.2, -0.15) is 9.61 Å². The number of likely N-dealkylation sites (tertiary alicyclic amines) is 1. The normalized spacial score (nSPS) is 16.4. The molecule has 1 fully saturated rings. The summed E-state index contributed by atoms with van der Waals surface area (Å²) in [7, 11) is 1.67. The van der Waals surface area contributed by atoms with Crippen molar-refractivity contribution >= 4 is 22.2 Å². The first kappa shape index (κ1) is 18.5. The third-order valence-corrected chi connectivity index (χ3v) is 5.79. The lowest BCUT2D eigenvalue weighted by molar-refractivity contribution is 0.0725. The minimum atomic E-state index is -0.241.